The molecule has 0 bridgehead atoms. The minimum Gasteiger partial charge on any atom is -0.354 e. The molecule has 0 unspecified atom stereocenters. The first-order chi connectivity index (χ1) is 7.45. The number of para-hydroxylation sites is 1. The molecule has 1 saturated heterocycles. The highest BCUT2D eigenvalue weighted by Gasteiger charge is 2.16. The number of fused-ring (bicyclic) bond motifs is 1. The monoisotopic (exact) mass is 239 g/mol. The average molecular weight is 240 g/mol. The second-order valence-corrected chi connectivity index (χ2v) is 3.74. The second kappa shape index (κ2) is 4.72. The van der Waals surface area contributed by atoms with Crippen molar-refractivity contribution < 1.29 is 4.52 Å². The molecule has 0 spiro atoms. The van der Waals surface area contributed by atoms with Crippen molar-refractivity contribution in [3.8, 4) is 0 Å². The summed E-state index contributed by atoms with van der Waals surface area (Å²) in [5.41, 5.74) is 0.867. The van der Waals surface area contributed by atoms with Gasteiger partial charge in [-0.3, -0.25) is 0 Å². The number of anilines is 1. The molecule has 0 atom stereocenters. The number of aromatic nitrogens is 1. The van der Waals surface area contributed by atoms with Gasteiger partial charge in [-0.05, 0) is 12.1 Å². The van der Waals surface area contributed by atoms with E-state index in [0.29, 0.717) is 0 Å². The topological polar surface area (TPSA) is 41.3 Å². The van der Waals surface area contributed by atoms with Crippen molar-refractivity contribution in [2.45, 2.75) is 0 Å². The van der Waals surface area contributed by atoms with Gasteiger partial charge in [0.05, 0.1) is 5.39 Å². The van der Waals surface area contributed by atoms with Gasteiger partial charge in [-0.15, -0.1) is 12.4 Å². The Labute approximate surface area is 100.0 Å². The Morgan fingerprint density at radius 2 is 1.94 bits per heavy atom. The zero-order valence-electron chi connectivity index (χ0n) is 8.85. The van der Waals surface area contributed by atoms with E-state index in [9.17, 15) is 0 Å². The van der Waals surface area contributed by atoms with Crippen LogP contribution < -0.4 is 10.2 Å². The van der Waals surface area contributed by atoms with Gasteiger partial charge in [0.1, 0.15) is 0 Å². The first-order valence-corrected chi connectivity index (χ1v) is 5.25. The van der Waals surface area contributed by atoms with Gasteiger partial charge in [-0.2, -0.15) is 0 Å². The van der Waals surface area contributed by atoms with Crippen molar-refractivity contribution in [3.63, 3.8) is 0 Å². The van der Waals surface area contributed by atoms with Gasteiger partial charge in [-0.25, -0.2) is 0 Å². The van der Waals surface area contributed by atoms with E-state index in [2.05, 4.69) is 21.4 Å². The number of nitrogens with zero attached hydrogens (tertiary/aromatic N) is 2. The van der Waals surface area contributed by atoms with Crippen LogP contribution in [0.3, 0.4) is 0 Å². The Hall–Kier alpha value is -1.26. The third-order valence-corrected chi connectivity index (χ3v) is 2.77. The minimum absolute atomic E-state index is 0. The first-order valence-electron chi connectivity index (χ1n) is 5.25. The Bertz CT molecular complexity index is 465. The summed E-state index contributed by atoms with van der Waals surface area (Å²) in [7, 11) is 0. The van der Waals surface area contributed by atoms with Crippen molar-refractivity contribution in [1.82, 2.24) is 10.5 Å². The third kappa shape index (κ3) is 1.86. The van der Waals surface area contributed by atoms with E-state index < -0.39 is 0 Å². The summed E-state index contributed by atoms with van der Waals surface area (Å²) in [4.78, 5) is 2.27. The lowest BCUT2D eigenvalue weighted by atomic mass is 10.2. The van der Waals surface area contributed by atoms with E-state index >= 15 is 0 Å². The molecule has 0 amide bonds. The molecule has 86 valence electrons. The molecule has 1 N–H and O–H groups in total. The average Bonchev–Trinajstić information content (AvgIpc) is 2.74. The van der Waals surface area contributed by atoms with Crippen LogP contribution in [0.2, 0.25) is 0 Å². The molecule has 2 aromatic rings. The van der Waals surface area contributed by atoms with Crippen molar-refractivity contribution in [3.05, 3.63) is 24.3 Å². The molecule has 0 aliphatic carbocycles. The molecule has 1 aliphatic heterocycles. The number of hydrogen-bond donors (Lipinski definition) is 1. The van der Waals surface area contributed by atoms with Crippen LogP contribution in [0.15, 0.2) is 28.8 Å². The van der Waals surface area contributed by atoms with Crippen LogP contribution in [-0.4, -0.2) is 31.3 Å². The highest BCUT2D eigenvalue weighted by molar-refractivity contribution is 5.88. The molecule has 16 heavy (non-hydrogen) atoms. The van der Waals surface area contributed by atoms with Crippen molar-refractivity contribution in [2.75, 3.05) is 31.1 Å². The Balaban J connectivity index is 0.000000963. The van der Waals surface area contributed by atoms with Gasteiger partial charge < -0.3 is 14.7 Å². The van der Waals surface area contributed by atoms with Crippen molar-refractivity contribution in [1.29, 1.82) is 0 Å². The fraction of sp³-hybridized carbons (Fsp3) is 0.364. The molecule has 0 radical (unpaired) electrons. The van der Waals surface area contributed by atoms with Gasteiger partial charge in [0.2, 0.25) is 0 Å². The zero-order valence-corrected chi connectivity index (χ0v) is 9.67. The number of halogens is 1. The normalized spacial score (nSPS) is 16.1. The maximum Gasteiger partial charge on any atom is 0.180 e. The molecule has 2 heterocycles. The highest BCUT2D eigenvalue weighted by Crippen LogP contribution is 2.25. The molecule has 1 fully saturated rings. The van der Waals surface area contributed by atoms with E-state index in [1.54, 1.807) is 0 Å². The van der Waals surface area contributed by atoms with Crippen LogP contribution in [0, 0.1) is 0 Å². The van der Waals surface area contributed by atoms with Crippen LogP contribution in [0.5, 0.6) is 0 Å². The second-order valence-electron chi connectivity index (χ2n) is 3.74. The third-order valence-electron chi connectivity index (χ3n) is 2.77. The molecular weight excluding hydrogens is 226 g/mol. The number of rotatable bonds is 1. The summed E-state index contributed by atoms with van der Waals surface area (Å²) in [6, 6.07) is 8.00. The minimum atomic E-state index is 0. The van der Waals surface area contributed by atoms with E-state index in [1.807, 2.05) is 18.2 Å². The quantitative estimate of drug-likeness (QED) is 0.822. The molecule has 1 aromatic heterocycles. The van der Waals surface area contributed by atoms with E-state index in [-0.39, 0.29) is 12.4 Å². The smallest absolute Gasteiger partial charge is 0.180 e. The molecule has 5 heteroatoms. The molecule has 4 nitrogen and oxygen atoms in total. The standard InChI is InChI=1S/C11H13N3O.ClH/c1-2-4-10-9(3-1)11(13-15-10)14-7-5-12-6-8-14;/h1-4,12H,5-8H2;1H. The van der Waals surface area contributed by atoms with Crippen molar-refractivity contribution in [2.24, 2.45) is 0 Å². The summed E-state index contributed by atoms with van der Waals surface area (Å²) in [6.07, 6.45) is 0. The number of nitrogens with one attached hydrogen (secondary N) is 1. The Morgan fingerprint density at radius 1 is 1.19 bits per heavy atom. The van der Waals surface area contributed by atoms with Crippen LogP contribution in [0.4, 0.5) is 5.82 Å². The number of piperazine rings is 1. The summed E-state index contributed by atoms with van der Waals surface area (Å²) < 4.78 is 5.29. The van der Waals surface area contributed by atoms with Crippen molar-refractivity contribution >= 4 is 29.2 Å². The molecule has 3 rings (SSSR count). The molecule has 1 aromatic carbocycles. The largest absolute Gasteiger partial charge is 0.354 e. The fourth-order valence-electron chi connectivity index (χ4n) is 1.98. The summed E-state index contributed by atoms with van der Waals surface area (Å²) in [5.74, 6) is 0.979. The summed E-state index contributed by atoms with van der Waals surface area (Å²) in [5, 5.41) is 8.58. The molecular formula is C11H14ClN3O. The Morgan fingerprint density at radius 3 is 2.75 bits per heavy atom. The van der Waals surface area contributed by atoms with Gasteiger partial charge in [0.25, 0.3) is 0 Å². The summed E-state index contributed by atoms with van der Waals surface area (Å²) >= 11 is 0. The lowest BCUT2D eigenvalue weighted by molar-refractivity contribution is 0.451. The zero-order chi connectivity index (χ0) is 10.1. The van der Waals surface area contributed by atoms with Crippen LogP contribution >= 0.6 is 12.4 Å². The Kier molecular flexibility index (Phi) is 3.31. The predicted octanol–water partition coefficient (Wildman–Crippen LogP) is 1.66. The summed E-state index contributed by atoms with van der Waals surface area (Å²) in [6.45, 7) is 4.02. The maximum absolute atomic E-state index is 5.29. The molecule has 0 saturated carbocycles. The molecule has 1 aliphatic rings. The van der Waals surface area contributed by atoms with E-state index in [4.69, 9.17) is 4.52 Å². The number of benzene rings is 1. The first kappa shape index (κ1) is 11.2. The SMILES string of the molecule is Cl.c1ccc2c(N3CCNCC3)noc2c1. The van der Waals surface area contributed by atoms with Gasteiger partial charge in [0, 0.05) is 26.2 Å². The lowest BCUT2D eigenvalue weighted by Gasteiger charge is -2.26. The highest BCUT2D eigenvalue weighted by atomic mass is 35.5. The van der Waals surface area contributed by atoms with E-state index in [1.165, 1.54) is 0 Å². The number of hydrogen-bond acceptors (Lipinski definition) is 4. The predicted molar refractivity (Wildman–Crippen MR) is 66.3 cm³/mol. The maximum atomic E-state index is 5.29. The van der Waals surface area contributed by atoms with Crippen LogP contribution in [0.25, 0.3) is 11.0 Å². The van der Waals surface area contributed by atoms with Gasteiger partial charge in [-0.1, -0.05) is 17.3 Å². The van der Waals surface area contributed by atoms with Crippen LogP contribution in [-0.2, 0) is 0 Å². The van der Waals surface area contributed by atoms with Gasteiger partial charge >= 0.3 is 0 Å². The lowest BCUT2D eigenvalue weighted by Crippen LogP contribution is -2.43. The van der Waals surface area contributed by atoms with Crippen LogP contribution in [0.1, 0.15) is 0 Å². The fourth-order valence-corrected chi connectivity index (χ4v) is 1.98. The van der Waals surface area contributed by atoms with Gasteiger partial charge in [0.15, 0.2) is 11.4 Å². The van der Waals surface area contributed by atoms with E-state index in [0.717, 1.165) is 43.0 Å².